The predicted octanol–water partition coefficient (Wildman–Crippen LogP) is -1.89. The fourth-order valence-electron chi connectivity index (χ4n) is 1.01. The summed E-state index contributed by atoms with van der Waals surface area (Å²) in [6.07, 6.45) is 0. The Labute approximate surface area is 113 Å². The number of nitrogens with zero attached hydrogens (tertiary/aromatic N) is 1. The largest absolute Gasteiger partial charge is 1.00 e. The Balaban J connectivity index is 0. The molecule has 0 aromatic heterocycles. The quantitative estimate of drug-likeness (QED) is 0.359. The van der Waals surface area contributed by atoms with Crippen molar-refractivity contribution in [2.75, 3.05) is 0 Å². The van der Waals surface area contributed by atoms with E-state index in [1.165, 1.54) is 0 Å². The van der Waals surface area contributed by atoms with Gasteiger partial charge in [0.15, 0.2) is 0 Å². The van der Waals surface area contributed by atoms with Gasteiger partial charge in [-0.25, -0.2) is 9.59 Å². The van der Waals surface area contributed by atoms with Crippen molar-refractivity contribution >= 4 is 17.6 Å². The Bertz CT molecular complexity index is 463. The first-order valence-electron chi connectivity index (χ1n) is 3.68. The van der Waals surface area contributed by atoms with Gasteiger partial charge in [-0.1, -0.05) is 0 Å². The van der Waals surface area contributed by atoms with Gasteiger partial charge in [-0.2, -0.15) is 0 Å². The molecule has 0 bridgehead atoms. The van der Waals surface area contributed by atoms with E-state index in [1.807, 2.05) is 0 Å². The summed E-state index contributed by atoms with van der Waals surface area (Å²) in [5, 5.41) is 27.6. The zero-order valence-corrected chi connectivity index (χ0v) is 10.2. The Kier molecular flexibility index (Phi) is 5.09. The number of non-ortho nitro benzene ring substituents is 1. The molecule has 0 unspecified atom stereocenters. The van der Waals surface area contributed by atoms with Crippen LogP contribution in [0.25, 0.3) is 0 Å². The van der Waals surface area contributed by atoms with Gasteiger partial charge in [0.25, 0.3) is 5.69 Å². The predicted molar refractivity (Wildman–Crippen MR) is 48.1 cm³/mol. The molecule has 0 radical (unpaired) electrons. The van der Waals surface area contributed by atoms with Crippen molar-refractivity contribution in [3.8, 4) is 0 Å². The zero-order chi connectivity index (χ0) is 11.6. The minimum atomic E-state index is -1.52. The summed E-state index contributed by atoms with van der Waals surface area (Å²) in [6.45, 7) is 0. The molecule has 0 spiro atoms. The summed E-state index contributed by atoms with van der Waals surface area (Å²) in [7, 11) is 0. The van der Waals surface area contributed by atoms with Gasteiger partial charge < -0.3 is 11.6 Å². The number of hydrogen-bond acceptors (Lipinski definition) is 4. The van der Waals surface area contributed by atoms with Crippen molar-refractivity contribution in [1.82, 2.24) is 0 Å². The molecule has 1 aromatic carbocycles. The molecule has 0 saturated carbocycles. The standard InChI is InChI=1S/C8H5NO6.Na.H/c10-7(11)5-2-1-4(9(14)15)3-6(5)8(12)13;;/h1-3H,(H,10,11)(H,12,13);;/q;+1;-1. The van der Waals surface area contributed by atoms with Crippen molar-refractivity contribution in [3.05, 3.63) is 39.4 Å². The summed E-state index contributed by atoms with van der Waals surface area (Å²) in [5.41, 5.74) is -1.54. The smallest absolute Gasteiger partial charge is 1.00 e. The third-order valence-electron chi connectivity index (χ3n) is 1.67. The van der Waals surface area contributed by atoms with Gasteiger partial charge in [0.1, 0.15) is 0 Å². The molecule has 0 aliphatic heterocycles. The van der Waals surface area contributed by atoms with Gasteiger partial charge in [-0.3, -0.25) is 10.1 Å². The number of carboxylic acid groups (broad SMARTS) is 2. The van der Waals surface area contributed by atoms with E-state index >= 15 is 0 Å². The van der Waals surface area contributed by atoms with Crippen LogP contribution in [-0.4, -0.2) is 27.1 Å². The molecule has 80 valence electrons. The molecule has 16 heavy (non-hydrogen) atoms. The number of hydrogen-bond donors (Lipinski definition) is 2. The minimum absolute atomic E-state index is 0. The van der Waals surface area contributed by atoms with Gasteiger partial charge in [-0.05, 0) is 6.07 Å². The second-order valence-corrected chi connectivity index (χ2v) is 2.60. The van der Waals surface area contributed by atoms with Gasteiger partial charge in [0.05, 0.1) is 16.1 Å². The second kappa shape index (κ2) is 5.59. The second-order valence-electron chi connectivity index (χ2n) is 2.60. The van der Waals surface area contributed by atoms with Crippen molar-refractivity contribution in [3.63, 3.8) is 0 Å². The summed E-state index contributed by atoms with van der Waals surface area (Å²) < 4.78 is 0. The van der Waals surface area contributed by atoms with Crippen LogP contribution in [0.4, 0.5) is 5.69 Å². The normalized spacial score (nSPS) is 9.00. The molecule has 0 aliphatic rings. The Morgan fingerprint density at radius 1 is 1.19 bits per heavy atom. The van der Waals surface area contributed by atoms with Crippen LogP contribution in [0, 0.1) is 10.1 Å². The summed E-state index contributed by atoms with van der Waals surface area (Å²) >= 11 is 0. The molecule has 1 aromatic rings. The van der Waals surface area contributed by atoms with Crippen LogP contribution in [0.2, 0.25) is 0 Å². The number of nitro groups is 1. The molecule has 0 atom stereocenters. The molecule has 8 heteroatoms. The maximum Gasteiger partial charge on any atom is 1.00 e. The zero-order valence-electron chi connectivity index (χ0n) is 9.21. The van der Waals surface area contributed by atoms with Crippen LogP contribution in [0.3, 0.4) is 0 Å². The van der Waals surface area contributed by atoms with Crippen molar-refractivity contribution in [1.29, 1.82) is 0 Å². The van der Waals surface area contributed by atoms with Crippen LogP contribution < -0.4 is 29.6 Å². The number of aromatic carboxylic acids is 2. The fraction of sp³-hybridized carbons (Fsp3) is 0. The van der Waals surface area contributed by atoms with Crippen LogP contribution in [0.5, 0.6) is 0 Å². The third kappa shape index (κ3) is 3.02. The maximum atomic E-state index is 10.6. The van der Waals surface area contributed by atoms with Crippen LogP contribution in [0.1, 0.15) is 22.1 Å². The first-order valence-corrected chi connectivity index (χ1v) is 3.68. The van der Waals surface area contributed by atoms with E-state index in [2.05, 4.69) is 0 Å². The molecule has 0 heterocycles. The topological polar surface area (TPSA) is 118 Å². The Morgan fingerprint density at radius 2 is 1.69 bits per heavy atom. The first-order chi connectivity index (χ1) is 6.93. The van der Waals surface area contributed by atoms with E-state index in [1.54, 1.807) is 0 Å². The molecular weight excluding hydrogens is 229 g/mol. The van der Waals surface area contributed by atoms with Crippen molar-refractivity contribution in [2.45, 2.75) is 0 Å². The van der Waals surface area contributed by atoms with E-state index < -0.39 is 33.7 Å². The summed E-state index contributed by atoms with van der Waals surface area (Å²) in [5.74, 6) is -2.96. The van der Waals surface area contributed by atoms with Gasteiger partial charge in [0, 0.05) is 12.1 Å². The Hall–Kier alpha value is -1.44. The number of nitro benzene ring substituents is 1. The van der Waals surface area contributed by atoms with Crippen molar-refractivity contribution < 1.29 is 55.7 Å². The molecule has 0 amide bonds. The van der Waals surface area contributed by atoms with E-state index in [0.717, 1.165) is 12.1 Å². The molecule has 1 rings (SSSR count). The molecule has 0 aliphatic carbocycles. The number of rotatable bonds is 3. The molecule has 7 nitrogen and oxygen atoms in total. The number of benzene rings is 1. The average molecular weight is 235 g/mol. The molecule has 0 fully saturated rings. The summed E-state index contributed by atoms with van der Waals surface area (Å²) in [4.78, 5) is 30.7. The van der Waals surface area contributed by atoms with E-state index in [0.29, 0.717) is 6.07 Å². The van der Waals surface area contributed by atoms with Crippen LogP contribution in [-0.2, 0) is 0 Å². The average Bonchev–Trinajstić information content (AvgIpc) is 2.16. The minimum Gasteiger partial charge on any atom is -1.00 e. The number of carboxylic acids is 2. The van der Waals surface area contributed by atoms with Gasteiger partial charge in [0.2, 0.25) is 0 Å². The van der Waals surface area contributed by atoms with Gasteiger partial charge in [-0.15, -0.1) is 0 Å². The monoisotopic (exact) mass is 235 g/mol. The van der Waals surface area contributed by atoms with Crippen LogP contribution in [0.15, 0.2) is 18.2 Å². The summed E-state index contributed by atoms with van der Waals surface area (Å²) in [6, 6.07) is 2.55. The molecule has 2 N–H and O–H groups in total. The molecular formula is C8H6NNaO6. The van der Waals surface area contributed by atoms with Gasteiger partial charge >= 0.3 is 41.5 Å². The maximum absolute atomic E-state index is 10.6. The van der Waals surface area contributed by atoms with E-state index in [9.17, 15) is 19.7 Å². The first kappa shape index (κ1) is 14.6. The number of carbonyl (C=O) groups is 2. The Morgan fingerprint density at radius 3 is 2.06 bits per heavy atom. The van der Waals surface area contributed by atoms with E-state index in [-0.39, 0.29) is 31.0 Å². The SMILES string of the molecule is O=C(O)c1ccc([N+](=O)[O-])cc1C(=O)O.[H-].[Na+]. The van der Waals surface area contributed by atoms with Crippen molar-refractivity contribution in [2.24, 2.45) is 0 Å². The van der Waals surface area contributed by atoms with Crippen LogP contribution >= 0.6 is 0 Å². The fourth-order valence-corrected chi connectivity index (χ4v) is 1.01. The molecule has 0 saturated heterocycles. The third-order valence-corrected chi connectivity index (χ3v) is 1.67. The van der Waals surface area contributed by atoms with E-state index in [4.69, 9.17) is 10.2 Å².